The van der Waals surface area contributed by atoms with E-state index in [9.17, 15) is 4.39 Å². The van der Waals surface area contributed by atoms with Gasteiger partial charge in [0.25, 0.3) is 0 Å². The third kappa shape index (κ3) is 3.71. The quantitative estimate of drug-likeness (QED) is 0.804. The van der Waals surface area contributed by atoms with E-state index in [4.69, 9.17) is 0 Å². The van der Waals surface area contributed by atoms with Crippen molar-refractivity contribution >= 4 is 15.9 Å². The average Bonchev–Trinajstić information content (AvgIpc) is 2.92. The van der Waals surface area contributed by atoms with Crippen molar-refractivity contribution in [3.63, 3.8) is 0 Å². The van der Waals surface area contributed by atoms with Gasteiger partial charge in [-0.3, -0.25) is 0 Å². The first-order chi connectivity index (χ1) is 10.2. The van der Waals surface area contributed by atoms with Gasteiger partial charge in [0.15, 0.2) is 0 Å². The molecular formula is C16H21BrFN3. The number of halogens is 2. The molecule has 2 aromatic rings. The summed E-state index contributed by atoms with van der Waals surface area (Å²) in [5, 5.41) is 3.47. The molecule has 0 saturated carbocycles. The number of imidazole rings is 1. The van der Waals surface area contributed by atoms with Gasteiger partial charge in [-0.2, -0.15) is 0 Å². The van der Waals surface area contributed by atoms with Gasteiger partial charge in [-0.1, -0.05) is 26.0 Å². The van der Waals surface area contributed by atoms with Crippen molar-refractivity contribution in [2.24, 2.45) is 0 Å². The van der Waals surface area contributed by atoms with E-state index in [1.54, 1.807) is 12.3 Å². The molecule has 1 aromatic heterocycles. The molecule has 0 spiro atoms. The van der Waals surface area contributed by atoms with E-state index in [1.807, 2.05) is 12.3 Å². The molecule has 0 aliphatic heterocycles. The second-order valence-electron chi connectivity index (χ2n) is 5.01. The summed E-state index contributed by atoms with van der Waals surface area (Å²) < 4.78 is 16.5. The first-order valence-electron chi connectivity index (χ1n) is 7.37. The predicted molar refractivity (Wildman–Crippen MR) is 86.8 cm³/mol. The molecule has 1 heterocycles. The van der Waals surface area contributed by atoms with E-state index in [1.165, 1.54) is 6.07 Å². The first kappa shape index (κ1) is 16.2. The molecular weight excluding hydrogens is 333 g/mol. The molecule has 0 saturated heterocycles. The highest BCUT2D eigenvalue weighted by molar-refractivity contribution is 9.10. The number of rotatable bonds is 7. The summed E-state index contributed by atoms with van der Waals surface area (Å²) >= 11 is 3.37. The van der Waals surface area contributed by atoms with Crippen molar-refractivity contribution in [2.45, 2.75) is 39.3 Å². The maximum Gasteiger partial charge on any atom is 0.137 e. The van der Waals surface area contributed by atoms with Crippen molar-refractivity contribution in [2.75, 3.05) is 6.54 Å². The van der Waals surface area contributed by atoms with Gasteiger partial charge in [0.2, 0.25) is 0 Å². The number of aromatic nitrogens is 2. The summed E-state index contributed by atoms with van der Waals surface area (Å²) in [5.41, 5.74) is 0.881. The summed E-state index contributed by atoms with van der Waals surface area (Å²) in [7, 11) is 0. The van der Waals surface area contributed by atoms with Gasteiger partial charge in [0.1, 0.15) is 11.6 Å². The third-order valence-corrected chi connectivity index (χ3v) is 4.20. The van der Waals surface area contributed by atoms with Gasteiger partial charge >= 0.3 is 0 Å². The maximum absolute atomic E-state index is 13.9. The van der Waals surface area contributed by atoms with E-state index in [0.29, 0.717) is 4.47 Å². The van der Waals surface area contributed by atoms with Crippen molar-refractivity contribution in [3.8, 4) is 0 Å². The maximum atomic E-state index is 13.9. The fraction of sp³-hybridized carbons (Fsp3) is 0.438. The van der Waals surface area contributed by atoms with Crippen LogP contribution in [0.5, 0.6) is 0 Å². The number of benzene rings is 1. The zero-order valence-electron chi connectivity index (χ0n) is 12.4. The van der Waals surface area contributed by atoms with Crippen LogP contribution in [0.4, 0.5) is 4.39 Å². The summed E-state index contributed by atoms with van der Waals surface area (Å²) in [6.07, 6.45) is 5.83. The molecule has 1 aromatic carbocycles. The van der Waals surface area contributed by atoms with Gasteiger partial charge in [-0.15, -0.1) is 0 Å². The average molecular weight is 354 g/mol. The van der Waals surface area contributed by atoms with Crippen molar-refractivity contribution < 1.29 is 4.39 Å². The molecule has 0 bridgehead atoms. The lowest BCUT2D eigenvalue weighted by Crippen LogP contribution is -2.26. The van der Waals surface area contributed by atoms with Crippen LogP contribution in [-0.2, 0) is 6.54 Å². The van der Waals surface area contributed by atoms with Crippen LogP contribution in [0.3, 0.4) is 0 Å². The second kappa shape index (κ2) is 7.71. The number of nitrogens with one attached hydrogen (secondary N) is 1. The number of nitrogens with zero attached hydrogens (tertiary/aromatic N) is 2. The molecule has 0 fully saturated rings. The minimum Gasteiger partial charge on any atom is -0.333 e. The van der Waals surface area contributed by atoms with Crippen molar-refractivity contribution in [1.29, 1.82) is 0 Å². The Bertz CT molecular complexity index is 583. The molecule has 21 heavy (non-hydrogen) atoms. The van der Waals surface area contributed by atoms with Crippen LogP contribution in [0, 0.1) is 5.82 Å². The summed E-state index contributed by atoms with van der Waals surface area (Å²) in [6, 6.07) is 5.02. The smallest absolute Gasteiger partial charge is 0.137 e. The topological polar surface area (TPSA) is 29.9 Å². The summed E-state index contributed by atoms with van der Waals surface area (Å²) in [4.78, 5) is 4.49. The van der Waals surface area contributed by atoms with E-state index in [-0.39, 0.29) is 11.9 Å². The highest BCUT2D eigenvalue weighted by Crippen LogP contribution is 2.30. The third-order valence-electron chi connectivity index (χ3n) is 3.36. The van der Waals surface area contributed by atoms with Gasteiger partial charge in [-0.25, -0.2) is 9.37 Å². The van der Waals surface area contributed by atoms with Crippen LogP contribution in [0.15, 0.2) is 35.1 Å². The minimum atomic E-state index is -0.246. The highest BCUT2D eigenvalue weighted by Gasteiger charge is 2.22. The van der Waals surface area contributed by atoms with Gasteiger partial charge in [0, 0.05) is 18.9 Å². The van der Waals surface area contributed by atoms with Crippen LogP contribution in [0.25, 0.3) is 0 Å². The highest BCUT2D eigenvalue weighted by atomic mass is 79.9. The van der Waals surface area contributed by atoms with E-state index >= 15 is 0 Å². The Labute approximate surface area is 133 Å². The molecule has 1 atom stereocenters. The van der Waals surface area contributed by atoms with Crippen molar-refractivity contribution in [1.82, 2.24) is 14.9 Å². The molecule has 1 unspecified atom stereocenters. The van der Waals surface area contributed by atoms with E-state index < -0.39 is 0 Å². The molecule has 0 aliphatic carbocycles. The Balaban J connectivity index is 2.42. The van der Waals surface area contributed by atoms with Crippen molar-refractivity contribution in [3.05, 3.63) is 52.3 Å². The normalized spacial score (nSPS) is 12.6. The lowest BCUT2D eigenvalue weighted by molar-refractivity contribution is 0.524. The van der Waals surface area contributed by atoms with Crippen LogP contribution in [0.1, 0.15) is 44.1 Å². The minimum absolute atomic E-state index is 0.114. The summed E-state index contributed by atoms with van der Waals surface area (Å²) in [6.45, 7) is 6.01. The lowest BCUT2D eigenvalue weighted by Gasteiger charge is -2.21. The predicted octanol–water partition coefficient (Wildman–Crippen LogP) is 4.28. The first-order valence-corrected chi connectivity index (χ1v) is 8.16. The Morgan fingerprint density at radius 2 is 2.14 bits per heavy atom. The number of hydrogen-bond acceptors (Lipinski definition) is 2. The fourth-order valence-corrected chi connectivity index (χ4v) is 2.88. The number of aryl methyl sites for hydroxylation is 1. The molecule has 114 valence electrons. The second-order valence-corrected chi connectivity index (χ2v) is 5.80. The van der Waals surface area contributed by atoms with E-state index in [0.717, 1.165) is 37.3 Å². The Morgan fingerprint density at radius 1 is 1.33 bits per heavy atom. The van der Waals surface area contributed by atoms with Crippen LogP contribution < -0.4 is 5.32 Å². The van der Waals surface area contributed by atoms with Crippen LogP contribution in [-0.4, -0.2) is 16.1 Å². The largest absolute Gasteiger partial charge is 0.333 e. The van der Waals surface area contributed by atoms with Crippen LogP contribution >= 0.6 is 15.9 Å². The van der Waals surface area contributed by atoms with E-state index in [2.05, 4.69) is 44.6 Å². The fourth-order valence-electron chi connectivity index (χ4n) is 2.38. The Hall–Kier alpha value is -1.20. The standard InChI is InChI=1S/C16H21BrFN3/c1-3-8-19-15(12-6-5-7-13(18)14(12)17)16-20-9-11-21(16)10-4-2/h5-7,9,11,15,19H,3-4,8,10H2,1-2H3. The molecule has 3 nitrogen and oxygen atoms in total. The molecule has 0 aliphatic rings. The van der Waals surface area contributed by atoms with Gasteiger partial charge < -0.3 is 9.88 Å². The molecule has 5 heteroatoms. The molecule has 1 N–H and O–H groups in total. The van der Waals surface area contributed by atoms with Gasteiger partial charge in [0.05, 0.1) is 10.5 Å². The zero-order chi connectivity index (χ0) is 15.2. The summed E-state index contributed by atoms with van der Waals surface area (Å²) in [5.74, 6) is 0.681. The lowest BCUT2D eigenvalue weighted by atomic mass is 10.1. The molecule has 0 amide bonds. The Kier molecular flexibility index (Phi) is 5.94. The molecule has 0 radical (unpaired) electrons. The van der Waals surface area contributed by atoms with Gasteiger partial charge in [-0.05, 0) is 46.9 Å². The monoisotopic (exact) mass is 353 g/mol. The Morgan fingerprint density at radius 3 is 2.86 bits per heavy atom. The van der Waals surface area contributed by atoms with Crippen LogP contribution in [0.2, 0.25) is 0 Å². The number of hydrogen-bond donors (Lipinski definition) is 1. The zero-order valence-corrected chi connectivity index (χ0v) is 14.0. The SMILES string of the molecule is CCCNC(c1cccc(F)c1Br)c1nccn1CCC. The molecule has 2 rings (SSSR count).